The maximum atomic E-state index is 10.1. The van der Waals surface area contributed by atoms with Gasteiger partial charge in [0.1, 0.15) is 0 Å². The van der Waals surface area contributed by atoms with Gasteiger partial charge in [0.15, 0.2) is 0 Å². The van der Waals surface area contributed by atoms with E-state index in [1.807, 2.05) is 0 Å². The molecule has 0 aliphatic rings. The second-order valence-corrected chi connectivity index (χ2v) is 2.91. The van der Waals surface area contributed by atoms with Gasteiger partial charge in [-0.25, -0.2) is 0 Å². The fraction of sp³-hybridized carbons (Fsp3) is 0.500. The normalized spacial score (nSPS) is 6.73. The summed E-state index contributed by atoms with van der Waals surface area (Å²) >= 11 is -1.63. The van der Waals surface area contributed by atoms with Crippen molar-refractivity contribution in [1.29, 1.82) is 0 Å². The van der Waals surface area contributed by atoms with Crippen molar-refractivity contribution in [3.8, 4) is 0 Å². The van der Waals surface area contributed by atoms with Crippen LogP contribution >= 0.6 is 0 Å². The van der Waals surface area contributed by atoms with Crippen molar-refractivity contribution >= 4 is 92.1 Å². The molecule has 0 N–H and O–H groups in total. The number of hydrogen-bond acceptors (Lipinski definition) is 4. The zero-order chi connectivity index (χ0) is 7.28. The first kappa shape index (κ1) is 19.6. The Morgan fingerprint density at radius 2 is 1.36 bits per heavy atom. The van der Waals surface area contributed by atoms with E-state index in [1.165, 1.54) is 13.8 Å². The second kappa shape index (κ2) is 13.0. The van der Waals surface area contributed by atoms with Crippen molar-refractivity contribution in [3.63, 3.8) is 0 Å². The molecule has 0 unspecified atom stereocenters. The van der Waals surface area contributed by atoms with Crippen LogP contribution in [0.3, 0.4) is 0 Å². The minimum Gasteiger partial charge on any atom is 0 e. The molecule has 0 aromatic carbocycles. The molecule has 0 aromatic rings. The van der Waals surface area contributed by atoms with Gasteiger partial charge in [-0.1, -0.05) is 0 Å². The number of carbonyl (C=O) groups is 2. The van der Waals surface area contributed by atoms with Crippen LogP contribution in [-0.2, 0) is 15.7 Å². The van der Waals surface area contributed by atoms with Crippen molar-refractivity contribution in [1.82, 2.24) is 0 Å². The Kier molecular flexibility index (Phi) is 23.1. The minimum absolute atomic E-state index is 0. The molecule has 4 nitrogen and oxygen atoms in total. The van der Waals surface area contributed by atoms with E-state index in [1.54, 1.807) is 0 Å². The molecule has 0 aliphatic carbocycles. The van der Waals surface area contributed by atoms with Gasteiger partial charge >= 0.3 is 63.5 Å². The summed E-state index contributed by atoms with van der Waals surface area (Å²) in [6.45, 7) is 2.56. The maximum Gasteiger partial charge on any atom is 0 e. The Hall–Kier alpha value is 3.01. The summed E-state index contributed by atoms with van der Waals surface area (Å²) in [5, 5.41) is 0. The van der Waals surface area contributed by atoms with E-state index in [9.17, 15) is 9.59 Å². The van der Waals surface area contributed by atoms with Gasteiger partial charge in [0.25, 0.3) is 0 Å². The molecule has 0 atom stereocenters. The fourth-order valence-corrected chi connectivity index (χ4v) is 0.927. The molecular weight excluding hydrogens is 542 g/mol. The predicted octanol–water partition coefficient (Wildman–Crippen LogP) is -0.734. The van der Waals surface area contributed by atoms with Crippen LogP contribution in [0.25, 0.3) is 0 Å². The fourth-order valence-electron chi connectivity index (χ4n) is 0.138. The number of rotatable bonds is 2. The zero-order valence-corrected chi connectivity index (χ0v) is 20.4. The Morgan fingerprint density at radius 1 is 1.09 bits per heavy atom. The van der Waals surface area contributed by atoms with Gasteiger partial charge in [-0.15, -0.1) is 0 Å². The molecule has 0 aliphatic heterocycles. The zero-order valence-electron chi connectivity index (χ0n) is 6.84. The van der Waals surface area contributed by atoms with Crippen LogP contribution in [0.15, 0.2) is 0 Å². The molecule has 0 fully saturated rings. The summed E-state index contributed by atoms with van der Waals surface area (Å²) in [7, 11) is 0. The standard InChI is InChI=1S/2C2H4O2.Ra.Rb.Sn/c2*1-2(3)4;;;/h2*1H3,(H,3,4);;;/q;;;;+2/p-2. The Bertz CT molecular complexity index is 117. The smallest absolute Gasteiger partial charge is 0 e. The second-order valence-electron chi connectivity index (χ2n) is 1.27. The van der Waals surface area contributed by atoms with E-state index in [0.717, 1.165) is 0 Å². The van der Waals surface area contributed by atoms with Gasteiger partial charge in [-0.3, -0.25) is 0 Å². The molecule has 0 rings (SSSR count). The van der Waals surface area contributed by atoms with E-state index >= 15 is 0 Å². The SMILES string of the molecule is CC(=O)[O][Sn][O]C(C)=O.[Ra].[Rb]. The predicted molar refractivity (Wildman–Crippen MR) is 35.0 cm³/mol. The summed E-state index contributed by atoms with van der Waals surface area (Å²) in [5.41, 5.74) is 0. The van der Waals surface area contributed by atoms with E-state index in [4.69, 9.17) is 0 Å². The molecule has 0 bridgehead atoms. The van der Waals surface area contributed by atoms with E-state index in [0.29, 0.717) is 0 Å². The van der Waals surface area contributed by atoms with E-state index < -0.39 is 22.0 Å². The van der Waals surface area contributed by atoms with Gasteiger partial charge < -0.3 is 0 Å². The van der Waals surface area contributed by atoms with Crippen LogP contribution in [0.1, 0.15) is 13.8 Å². The van der Waals surface area contributed by atoms with Crippen LogP contribution in [-0.4, -0.2) is 92.1 Å². The monoisotopic (exact) mass is 549 g/mol. The summed E-state index contributed by atoms with van der Waals surface area (Å²) in [4.78, 5) is 20.1. The van der Waals surface area contributed by atoms with Crippen molar-refractivity contribution < 1.29 is 60.7 Å². The summed E-state index contributed by atoms with van der Waals surface area (Å²) < 4.78 is 8.88. The van der Waals surface area contributed by atoms with Gasteiger partial charge in [-0.2, -0.15) is 0 Å². The largest absolute Gasteiger partial charge is 0 e. The maximum absolute atomic E-state index is 10.1. The molecule has 0 saturated carbocycles. The molecule has 0 amide bonds. The molecule has 7 heteroatoms. The Labute approximate surface area is 162 Å². The van der Waals surface area contributed by atoms with Gasteiger partial charge in [0, 0.05) is 103 Å². The first-order chi connectivity index (χ1) is 4.13. The summed E-state index contributed by atoms with van der Waals surface area (Å²) in [6.07, 6.45) is 0. The molecule has 0 aromatic heterocycles. The third kappa shape index (κ3) is 19.4. The molecule has 0 saturated heterocycles. The van der Waals surface area contributed by atoms with Gasteiger partial charge in [0.05, 0.1) is 0 Å². The van der Waals surface area contributed by atoms with Gasteiger partial charge in [-0.05, 0) is 0 Å². The van der Waals surface area contributed by atoms with Crippen LogP contribution < -0.4 is 0 Å². The summed E-state index contributed by atoms with van der Waals surface area (Å²) in [5.74, 6) is -0.772. The average Bonchev–Trinajstić information content (AvgIpc) is 1.63. The molecular formula is C4H6O4RaRbSn. The van der Waals surface area contributed by atoms with E-state index in [-0.39, 0.29) is 115 Å². The van der Waals surface area contributed by atoms with Crippen LogP contribution in [0.5, 0.6) is 0 Å². The minimum atomic E-state index is -1.63. The quantitative estimate of drug-likeness (QED) is 0.428. The molecule has 0 heterocycles. The average molecular weight is 548 g/mol. The molecule has 5 radical (unpaired) electrons. The topological polar surface area (TPSA) is 52.6 Å². The van der Waals surface area contributed by atoms with Crippen molar-refractivity contribution in [2.75, 3.05) is 0 Å². The molecule has 0 spiro atoms. The van der Waals surface area contributed by atoms with Crippen molar-refractivity contribution in [2.24, 2.45) is 0 Å². The van der Waals surface area contributed by atoms with Crippen LogP contribution in [0, 0.1) is 45.0 Å². The van der Waals surface area contributed by atoms with Gasteiger partial charge in [0.2, 0.25) is 0 Å². The number of hydrogen-bond donors (Lipinski definition) is 0. The molecule has 53 valence electrons. The first-order valence-electron chi connectivity index (χ1n) is 2.22. The molecule has 11 heavy (non-hydrogen) atoms. The summed E-state index contributed by atoms with van der Waals surface area (Å²) in [6, 6.07) is 0. The van der Waals surface area contributed by atoms with Crippen LogP contribution in [0.4, 0.5) is 0 Å². The third-order valence-corrected chi connectivity index (χ3v) is 2.49. The van der Waals surface area contributed by atoms with Crippen LogP contribution in [0.2, 0.25) is 0 Å². The number of carbonyl (C=O) groups excluding carboxylic acids is 2. The van der Waals surface area contributed by atoms with E-state index in [2.05, 4.69) is 6.15 Å². The van der Waals surface area contributed by atoms with Crippen molar-refractivity contribution in [2.45, 2.75) is 13.8 Å². The third-order valence-electron chi connectivity index (χ3n) is 0.371. The Balaban J connectivity index is -0.000000320. The van der Waals surface area contributed by atoms with Crippen molar-refractivity contribution in [3.05, 3.63) is 0 Å². The Morgan fingerprint density at radius 3 is 1.55 bits per heavy atom. The first-order valence-corrected chi connectivity index (χ1v) is 4.56.